The molecule has 0 saturated heterocycles. The van der Waals surface area contributed by atoms with Crippen LogP contribution >= 0.6 is 0 Å². The highest BCUT2D eigenvalue weighted by atomic mass is 16.1. The Balaban J connectivity index is 1.26. The maximum Gasteiger partial charge on any atom is 0.193 e. The smallest absolute Gasteiger partial charge is 0.193 e. The Kier molecular flexibility index (Phi) is 3.34. The highest BCUT2D eigenvalue weighted by molar-refractivity contribution is 6.19. The molecule has 0 fully saturated rings. The fourth-order valence-corrected chi connectivity index (χ4v) is 6.03. The number of fused-ring (bicyclic) bond motifs is 6. The molecule has 1 heteroatoms. The van der Waals surface area contributed by atoms with Gasteiger partial charge in [-0.2, -0.15) is 0 Å². The summed E-state index contributed by atoms with van der Waals surface area (Å²) in [7, 11) is 0. The Morgan fingerprint density at radius 1 is 0.382 bits per heavy atom. The van der Waals surface area contributed by atoms with Crippen molar-refractivity contribution in [2.45, 2.75) is 0 Å². The highest BCUT2D eigenvalue weighted by Crippen LogP contribution is 2.49. The van der Waals surface area contributed by atoms with Gasteiger partial charge < -0.3 is 0 Å². The van der Waals surface area contributed by atoms with E-state index in [1.54, 1.807) is 0 Å². The molecule has 0 heterocycles. The maximum atomic E-state index is 13.7. The number of hydrogen-bond donors (Lipinski definition) is 0. The summed E-state index contributed by atoms with van der Waals surface area (Å²) in [5.41, 5.74) is 11.1. The quantitative estimate of drug-likeness (QED) is 0.251. The molecule has 8 rings (SSSR count). The zero-order valence-electron chi connectivity index (χ0n) is 18.3. The first kappa shape index (κ1) is 18.0. The van der Waals surface area contributed by atoms with E-state index in [1.165, 1.54) is 54.9 Å². The van der Waals surface area contributed by atoms with Gasteiger partial charge in [0.15, 0.2) is 5.78 Å². The van der Waals surface area contributed by atoms with E-state index >= 15 is 0 Å². The molecule has 156 valence electrons. The van der Waals surface area contributed by atoms with Crippen LogP contribution in [0.25, 0.3) is 66.1 Å². The summed E-state index contributed by atoms with van der Waals surface area (Å²) in [4.78, 5) is 13.7. The van der Waals surface area contributed by atoms with Crippen molar-refractivity contribution >= 4 is 27.3 Å². The summed E-state index contributed by atoms with van der Waals surface area (Å²) >= 11 is 0. The number of carbonyl (C=O) groups excluding carboxylic acids is 1. The molecule has 2 aliphatic rings. The normalized spacial score (nSPS) is 12.2. The van der Waals surface area contributed by atoms with Gasteiger partial charge in [0.05, 0.1) is 0 Å². The van der Waals surface area contributed by atoms with Crippen LogP contribution in [0, 0.1) is 0 Å². The summed E-state index contributed by atoms with van der Waals surface area (Å²) < 4.78 is 0. The first-order chi connectivity index (χ1) is 16.8. The van der Waals surface area contributed by atoms with Gasteiger partial charge in [-0.3, -0.25) is 4.79 Å². The SMILES string of the molecule is O=C(c1ccc2c(c1)-c1cccc3cccc-2c13)c1ccc2c(c1)-c1cccc3cccc-2c13. The molecule has 6 aromatic carbocycles. The molecule has 0 amide bonds. The molecule has 6 aromatic rings. The first-order valence-electron chi connectivity index (χ1n) is 11.7. The second kappa shape index (κ2) is 6.30. The highest BCUT2D eigenvalue weighted by Gasteiger charge is 2.25. The standard InChI is InChI=1S/C33H18O/c34-33(21-13-15-23-25-9-1-5-19-7-3-11-27(31(19)25)29(23)17-21)22-14-16-24-26-10-2-6-20-8-4-12-28(32(20)26)30(24)18-22/h1-18H. The topological polar surface area (TPSA) is 17.1 Å². The summed E-state index contributed by atoms with van der Waals surface area (Å²) in [6.45, 7) is 0. The lowest BCUT2D eigenvalue weighted by atomic mass is 9.94. The zero-order chi connectivity index (χ0) is 22.4. The molecule has 1 nitrogen and oxygen atoms in total. The van der Waals surface area contributed by atoms with Gasteiger partial charge >= 0.3 is 0 Å². The van der Waals surface area contributed by atoms with Crippen LogP contribution in [-0.2, 0) is 0 Å². The number of benzene rings is 6. The van der Waals surface area contributed by atoms with E-state index in [0.29, 0.717) is 0 Å². The Hall–Kier alpha value is -4.49. The molecule has 2 aliphatic carbocycles. The largest absolute Gasteiger partial charge is 0.289 e. The summed E-state index contributed by atoms with van der Waals surface area (Å²) in [6.07, 6.45) is 0. The van der Waals surface area contributed by atoms with Gasteiger partial charge in [0.2, 0.25) is 0 Å². The van der Waals surface area contributed by atoms with Crippen LogP contribution in [0.1, 0.15) is 15.9 Å². The maximum absolute atomic E-state index is 13.7. The Morgan fingerprint density at radius 2 is 0.765 bits per heavy atom. The molecule has 0 saturated carbocycles. The first-order valence-corrected chi connectivity index (χ1v) is 11.7. The van der Waals surface area contributed by atoms with Gasteiger partial charge in [-0.1, -0.05) is 97.1 Å². The monoisotopic (exact) mass is 430 g/mol. The average molecular weight is 431 g/mol. The molecule has 34 heavy (non-hydrogen) atoms. The van der Waals surface area contributed by atoms with Crippen molar-refractivity contribution in [2.24, 2.45) is 0 Å². The van der Waals surface area contributed by atoms with Crippen molar-refractivity contribution in [3.63, 3.8) is 0 Å². The van der Waals surface area contributed by atoms with Crippen molar-refractivity contribution in [1.29, 1.82) is 0 Å². The van der Waals surface area contributed by atoms with Crippen molar-refractivity contribution in [1.82, 2.24) is 0 Å². The van der Waals surface area contributed by atoms with E-state index in [1.807, 2.05) is 12.1 Å². The lowest BCUT2D eigenvalue weighted by molar-refractivity contribution is 0.103. The lowest BCUT2D eigenvalue weighted by Crippen LogP contribution is -2.02. The van der Waals surface area contributed by atoms with E-state index in [-0.39, 0.29) is 5.78 Å². The molecule has 0 atom stereocenters. The van der Waals surface area contributed by atoms with Crippen LogP contribution in [0.4, 0.5) is 0 Å². The van der Waals surface area contributed by atoms with Crippen molar-refractivity contribution in [3.8, 4) is 44.5 Å². The van der Waals surface area contributed by atoms with E-state index in [0.717, 1.165) is 22.3 Å². The Morgan fingerprint density at radius 3 is 1.18 bits per heavy atom. The fourth-order valence-electron chi connectivity index (χ4n) is 6.03. The Bertz CT molecular complexity index is 1730. The summed E-state index contributed by atoms with van der Waals surface area (Å²) in [5.74, 6) is 0.0665. The van der Waals surface area contributed by atoms with Gasteiger partial charge in [0.1, 0.15) is 0 Å². The third-order valence-electron chi connectivity index (χ3n) is 7.53. The second-order valence-electron chi connectivity index (χ2n) is 9.27. The zero-order valence-corrected chi connectivity index (χ0v) is 18.3. The molecule has 0 unspecified atom stereocenters. The molecule has 0 aromatic heterocycles. The van der Waals surface area contributed by atoms with Crippen molar-refractivity contribution in [2.75, 3.05) is 0 Å². The van der Waals surface area contributed by atoms with Gasteiger partial charge in [0.25, 0.3) is 0 Å². The van der Waals surface area contributed by atoms with Crippen LogP contribution in [0.2, 0.25) is 0 Å². The lowest BCUT2D eigenvalue weighted by Gasteiger charge is -2.08. The molecule has 0 aliphatic heterocycles. The van der Waals surface area contributed by atoms with Gasteiger partial charge in [-0.05, 0) is 78.2 Å². The van der Waals surface area contributed by atoms with Crippen molar-refractivity contribution in [3.05, 3.63) is 120 Å². The summed E-state index contributed by atoms with van der Waals surface area (Å²) in [5, 5.41) is 5.05. The molecule has 0 radical (unpaired) electrons. The second-order valence-corrected chi connectivity index (χ2v) is 9.27. The number of ketones is 1. The van der Waals surface area contributed by atoms with Crippen LogP contribution < -0.4 is 0 Å². The van der Waals surface area contributed by atoms with Gasteiger partial charge in [-0.15, -0.1) is 0 Å². The number of hydrogen-bond acceptors (Lipinski definition) is 1. The van der Waals surface area contributed by atoms with Crippen LogP contribution in [0.3, 0.4) is 0 Å². The van der Waals surface area contributed by atoms with Crippen LogP contribution in [0.15, 0.2) is 109 Å². The summed E-state index contributed by atoms with van der Waals surface area (Å²) in [6, 6.07) is 38.1. The van der Waals surface area contributed by atoms with E-state index in [4.69, 9.17) is 0 Å². The van der Waals surface area contributed by atoms with Gasteiger partial charge in [0, 0.05) is 11.1 Å². The van der Waals surface area contributed by atoms with E-state index in [2.05, 4.69) is 97.1 Å². The minimum absolute atomic E-state index is 0.0665. The number of rotatable bonds is 2. The van der Waals surface area contributed by atoms with Crippen molar-refractivity contribution < 1.29 is 4.79 Å². The predicted octanol–water partition coefficient (Wildman–Crippen LogP) is 8.52. The molecule has 0 spiro atoms. The van der Waals surface area contributed by atoms with Gasteiger partial charge in [-0.25, -0.2) is 0 Å². The Labute approximate surface area is 196 Å². The van der Waals surface area contributed by atoms with Crippen LogP contribution in [-0.4, -0.2) is 5.78 Å². The minimum atomic E-state index is 0.0665. The van der Waals surface area contributed by atoms with E-state index in [9.17, 15) is 4.79 Å². The fraction of sp³-hybridized carbons (Fsp3) is 0. The third kappa shape index (κ3) is 2.21. The van der Waals surface area contributed by atoms with Crippen LogP contribution in [0.5, 0.6) is 0 Å². The predicted molar refractivity (Wildman–Crippen MR) is 140 cm³/mol. The minimum Gasteiger partial charge on any atom is -0.289 e. The molecule has 0 bridgehead atoms. The van der Waals surface area contributed by atoms with E-state index < -0.39 is 0 Å². The third-order valence-corrected chi connectivity index (χ3v) is 7.53. The molecular formula is C33H18O. The average Bonchev–Trinajstić information content (AvgIpc) is 3.39. The molecule has 0 N–H and O–H groups in total. The number of carbonyl (C=O) groups is 1. The molecular weight excluding hydrogens is 412 g/mol.